The molecule has 0 unspecified atom stereocenters. The van der Waals surface area contributed by atoms with Crippen molar-refractivity contribution in [2.24, 2.45) is 5.92 Å². The monoisotopic (exact) mass is 251 g/mol. The van der Waals surface area contributed by atoms with Gasteiger partial charge in [0.15, 0.2) is 0 Å². The molecule has 0 bridgehead atoms. The number of H-pyrrole nitrogens is 1. The standard InChI is InChI=1S/C12H17N3O3/c1-18-12(17)8-2-4-10(5-3-8)15-11(16)9-6-13-14-7-9/h6-8,10H,2-5H2,1H3,(H,13,14)(H,15,16). The van der Waals surface area contributed by atoms with E-state index in [-0.39, 0.29) is 23.8 Å². The Morgan fingerprint density at radius 2 is 2.11 bits per heavy atom. The van der Waals surface area contributed by atoms with Crippen molar-refractivity contribution in [2.75, 3.05) is 7.11 Å². The highest BCUT2D eigenvalue weighted by Crippen LogP contribution is 2.25. The molecule has 1 saturated carbocycles. The van der Waals surface area contributed by atoms with E-state index in [4.69, 9.17) is 4.74 Å². The maximum atomic E-state index is 11.8. The Morgan fingerprint density at radius 1 is 1.39 bits per heavy atom. The van der Waals surface area contributed by atoms with E-state index in [1.807, 2.05) is 0 Å². The van der Waals surface area contributed by atoms with E-state index in [1.165, 1.54) is 13.3 Å². The van der Waals surface area contributed by atoms with Crippen molar-refractivity contribution >= 4 is 11.9 Å². The average molecular weight is 251 g/mol. The van der Waals surface area contributed by atoms with Crippen molar-refractivity contribution in [3.05, 3.63) is 18.0 Å². The molecular formula is C12H17N3O3. The number of rotatable bonds is 3. The zero-order valence-electron chi connectivity index (χ0n) is 10.3. The molecule has 1 aliphatic carbocycles. The molecular weight excluding hydrogens is 234 g/mol. The molecule has 1 fully saturated rings. The van der Waals surface area contributed by atoms with Crippen molar-refractivity contribution in [3.63, 3.8) is 0 Å². The van der Waals surface area contributed by atoms with E-state index in [0.717, 1.165) is 25.7 Å². The molecule has 1 amide bonds. The van der Waals surface area contributed by atoms with Crippen LogP contribution in [0, 0.1) is 5.92 Å². The van der Waals surface area contributed by atoms with Crippen LogP contribution in [0.2, 0.25) is 0 Å². The van der Waals surface area contributed by atoms with Crippen LogP contribution in [0.3, 0.4) is 0 Å². The van der Waals surface area contributed by atoms with Gasteiger partial charge < -0.3 is 10.1 Å². The lowest BCUT2D eigenvalue weighted by Crippen LogP contribution is -2.38. The third-order valence-corrected chi connectivity index (χ3v) is 3.36. The van der Waals surface area contributed by atoms with Crippen molar-refractivity contribution in [3.8, 4) is 0 Å². The molecule has 0 spiro atoms. The van der Waals surface area contributed by atoms with E-state index in [1.54, 1.807) is 6.20 Å². The fourth-order valence-corrected chi connectivity index (χ4v) is 2.28. The van der Waals surface area contributed by atoms with Crippen LogP contribution in [0.5, 0.6) is 0 Å². The van der Waals surface area contributed by atoms with Crippen molar-refractivity contribution in [1.82, 2.24) is 15.5 Å². The number of ether oxygens (including phenoxy) is 1. The molecule has 6 heteroatoms. The molecule has 0 atom stereocenters. The SMILES string of the molecule is COC(=O)C1CCC(NC(=O)c2cn[nH]c2)CC1. The molecule has 6 nitrogen and oxygen atoms in total. The van der Waals surface area contributed by atoms with Gasteiger partial charge in [-0.15, -0.1) is 0 Å². The second-order valence-electron chi connectivity index (χ2n) is 4.53. The predicted octanol–water partition coefficient (Wildman–Crippen LogP) is 0.871. The van der Waals surface area contributed by atoms with Crippen LogP contribution in [-0.2, 0) is 9.53 Å². The number of carbonyl (C=O) groups excluding carboxylic acids is 2. The Kier molecular flexibility index (Phi) is 3.96. The van der Waals surface area contributed by atoms with Gasteiger partial charge in [0.25, 0.3) is 5.91 Å². The number of aromatic amines is 1. The van der Waals surface area contributed by atoms with Gasteiger partial charge in [-0.25, -0.2) is 0 Å². The van der Waals surface area contributed by atoms with Gasteiger partial charge in [-0.1, -0.05) is 0 Å². The van der Waals surface area contributed by atoms with Crippen LogP contribution in [0.1, 0.15) is 36.0 Å². The molecule has 0 saturated heterocycles. The van der Waals surface area contributed by atoms with Gasteiger partial charge >= 0.3 is 5.97 Å². The zero-order chi connectivity index (χ0) is 13.0. The normalized spacial score (nSPS) is 23.4. The average Bonchev–Trinajstić information content (AvgIpc) is 2.92. The summed E-state index contributed by atoms with van der Waals surface area (Å²) in [6.07, 6.45) is 6.21. The minimum absolute atomic E-state index is 0.0166. The number of amides is 1. The number of hydrogen-bond donors (Lipinski definition) is 2. The van der Waals surface area contributed by atoms with E-state index in [0.29, 0.717) is 5.56 Å². The molecule has 0 aromatic carbocycles. The highest BCUT2D eigenvalue weighted by atomic mass is 16.5. The molecule has 1 heterocycles. The summed E-state index contributed by atoms with van der Waals surface area (Å²) in [6.45, 7) is 0. The molecule has 1 aromatic heterocycles. The van der Waals surface area contributed by atoms with Gasteiger partial charge in [0.1, 0.15) is 0 Å². The van der Waals surface area contributed by atoms with Gasteiger partial charge in [0.2, 0.25) is 0 Å². The van der Waals surface area contributed by atoms with E-state index in [2.05, 4.69) is 15.5 Å². The molecule has 18 heavy (non-hydrogen) atoms. The lowest BCUT2D eigenvalue weighted by atomic mass is 9.86. The summed E-state index contributed by atoms with van der Waals surface area (Å²) in [7, 11) is 1.41. The number of aromatic nitrogens is 2. The van der Waals surface area contributed by atoms with Crippen molar-refractivity contribution in [1.29, 1.82) is 0 Å². The molecule has 2 rings (SSSR count). The summed E-state index contributed by atoms with van der Waals surface area (Å²) in [5, 5.41) is 9.29. The maximum Gasteiger partial charge on any atom is 0.308 e. The quantitative estimate of drug-likeness (QED) is 0.781. The van der Waals surface area contributed by atoms with Crippen LogP contribution in [0.4, 0.5) is 0 Å². The Balaban J connectivity index is 1.80. The fourth-order valence-electron chi connectivity index (χ4n) is 2.28. The Labute approximate surface area is 105 Å². The van der Waals surface area contributed by atoms with Crippen LogP contribution < -0.4 is 5.32 Å². The number of esters is 1. The smallest absolute Gasteiger partial charge is 0.308 e. The number of carbonyl (C=O) groups is 2. The largest absolute Gasteiger partial charge is 0.469 e. The Morgan fingerprint density at radius 3 is 2.67 bits per heavy atom. The summed E-state index contributed by atoms with van der Waals surface area (Å²) in [4.78, 5) is 23.1. The maximum absolute atomic E-state index is 11.8. The van der Waals surface area contributed by atoms with Crippen molar-refractivity contribution in [2.45, 2.75) is 31.7 Å². The van der Waals surface area contributed by atoms with E-state index in [9.17, 15) is 9.59 Å². The Bertz CT molecular complexity index is 408. The minimum Gasteiger partial charge on any atom is -0.469 e. The first-order chi connectivity index (χ1) is 8.70. The Hall–Kier alpha value is -1.85. The van der Waals surface area contributed by atoms with Gasteiger partial charge in [-0.3, -0.25) is 14.7 Å². The second kappa shape index (κ2) is 5.66. The lowest BCUT2D eigenvalue weighted by Gasteiger charge is -2.27. The number of nitrogens with one attached hydrogen (secondary N) is 2. The highest BCUT2D eigenvalue weighted by Gasteiger charge is 2.27. The second-order valence-corrected chi connectivity index (χ2v) is 4.53. The van der Waals surface area contributed by atoms with Gasteiger partial charge in [-0.2, -0.15) is 5.10 Å². The topological polar surface area (TPSA) is 84.1 Å². The number of hydrogen-bond acceptors (Lipinski definition) is 4. The van der Waals surface area contributed by atoms with Crippen LogP contribution in [-0.4, -0.2) is 35.2 Å². The van der Waals surface area contributed by atoms with Crippen LogP contribution in [0.15, 0.2) is 12.4 Å². The molecule has 1 aliphatic rings. The minimum atomic E-state index is -0.144. The first-order valence-electron chi connectivity index (χ1n) is 6.08. The lowest BCUT2D eigenvalue weighted by molar-refractivity contribution is -0.146. The number of methoxy groups -OCH3 is 1. The fraction of sp³-hybridized carbons (Fsp3) is 0.583. The molecule has 1 aromatic rings. The summed E-state index contributed by atoms with van der Waals surface area (Å²) in [6, 6.07) is 0.133. The molecule has 0 aliphatic heterocycles. The van der Waals surface area contributed by atoms with E-state index < -0.39 is 0 Å². The van der Waals surface area contributed by atoms with Gasteiger partial charge in [0, 0.05) is 12.2 Å². The summed E-state index contributed by atoms with van der Waals surface area (Å²) < 4.78 is 4.73. The summed E-state index contributed by atoms with van der Waals surface area (Å²) in [5.41, 5.74) is 0.532. The molecule has 2 N–H and O–H groups in total. The first kappa shape index (κ1) is 12.6. The predicted molar refractivity (Wildman–Crippen MR) is 63.8 cm³/mol. The number of nitrogens with zero attached hydrogens (tertiary/aromatic N) is 1. The summed E-state index contributed by atoms with van der Waals surface area (Å²) >= 11 is 0. The summed E-state index contributed by atoms with van der Waals surface area (Å²) in [5.74, 6) is -0.281. The third-order valence-electron chi connectivity index (χ3n) is 3.36. The first-order valence-corrected chi connectivity index (χ1v) is 6.08. The van der Waals surface area contributed by atoms with E-state index >= 15 is 0 Å². The highest BCUT2D eigenvalue weighted by molar-refractivity contribution is 5.93. The molecule has 98 valence electrons. The van der Waals surface area contributed by atoms with Crippen LogP contribution >= 0.6 is 0 Å². The van der Waals surface area contributed by atoms with Crippen molar-refractivity contribution < 1.29 is 14.3 Å². The third kappa shape index (κ3) is 2.88. The van der Waals surface area contributed by atoms with Gasteiger partial charge in [-0.05, 0) is 25.7 Å². The zero-order valence-corrected chi connectivity index (χ0v) is 10.3. The van der Waals surface area contributed by atoms with Crippen LogP contribution in [0.25, 0.3) is 0 Å². The van der Waals surface area contributed by atoms with Gasteiger partial charge in [0.05, 0.1) is 24.8 Å². The molecule has 0 radical (unpaired) electrons.